The van der Waals surface area contributed by atoms with Gasteiger partial charge in [-0.3, -0.25) is 9.80 Å². The number of hydrogen-bond acceptors (Lipinski definition) is 3. The third-order valence-corrected chi connectivity index (χ3v) is 4.22. The Hall–Kier alpha value is -0.120. The summed E-state index contributed by atoms with van der Waals surface area (Å²) in [7, 11) is 0. The van der Waals surface area contributed by atoms with Crippen LogP contribution in [0.2, 0.25) is 0 Å². The second kappa shape index (κ2) is 6.36. The van der Waals surface area contributed by atoms with Crippen LogP contribution in [0.4, 0.5) is 0 Å². The highest BCUT2D eigenvalue weighted by molar-refractivity contribution is 4.77. The van der Waals surface area contributed by atoms with Gasteiger partial charge in [-0.25, -0.2) is 0 Å². The van der Waals surface area contributed by atoms with Crippen LogP contribution in [0.25, 0.3) is 0 Å². The van der Waals surface area contributed by atoms with E-state index >= 15 is 0 Å². The normalized spacial score (nSPS) is 25.5. The topological polar surface area (TPSA) is 18.5 Å². The summed E-state index contributed by atoms with van der Waals surface area (Å²) >= 11 is 0. The fraction of sp³-hybridized carbons (Fsp3) is 1.00. The van der Waals surface area contributed by atoms with Crippen LogP contribution >= 0.6 is 0 Å². The molecular weight excluding hydrogens is 222 g/mol. The summed E-state index contributed by atoms with van der Waals surface area (Å²) in [5.74, 6) is 0.962. The average molecular weight is 253 g/mol. The van der Waals surface area contributed by atoms with E-state index in [1.807, 2.05) is 0 Å². The van der Waals surface area contributed by atoms with E-state index in [1.165, 1.54) is 65.2 Å². The predicted molar refractivity (Wildman–Crippen MR) is 77.7 cm³/mol. The lowest BCUT2D eigenvalue weighted by Gasteiger charge is -2.38. The predicted octanol–water partition coefficient (Wildman–Crippen LogP) is 2.00. The van der Waals surface area contributed by atoms with Crippen molar-refractivity contribution >= 4 is 0 Å². The van der Waals surface area contributed by atoms with E-state index in [0.29, 0.717) is 5.41 Å². The Balaban J connectivity index is 1.66. The number of rotatable bonds is 3. The highest BCUT2D eigenvalue weighted by Gasteiger charge is 2.24. The van der Waals surface area contributed by atoms with Crippen molar-refractivity contribution in [3.05, 3.63) is 0 Å². The third-order valence-electron chi connectivity index (χ3n) is 4.22. The number of nitrogens with one attached hydrogen (secondary N) is 1. The maximum atomic E-state index is 3.42. The number of nitrogens with zero attached hydrogens (tertiary/aromatic N) is 2. The molecule has 2 aliphatic heterocycles. The van der Waals surface area contributed by atoms with E-state index in [2.05, 4.69) is 35.9 Å². The standard InChI is InChI=1S/C15H31N3/c1-15(2,3)12-14-4-8-17(9-5-14)13-18-10-6-16-7-11-18/h14,16H,4-13H2,1-3H3. The van der Waals surface area contributed by atoms with Crippen molar-refractivity contribution in [2.24, 2.45) is 11.3 Å². The van der Waals surface area contributed by atoms with Gasteiger partial charge in [0.1, 0.15) is 0 Å². The summed E-state index contributed by atoms with van der Waals surface area (Å²) in [5.41, 5.74) is 0.505. The van der Waals surface area contributed by atoms with E-state index in [1.54, 1.807) is 0 Å². The molecule has 2 fully saturated rings. The highest BCUT2D eigenvalue weighted by atomic mass is 15.3. The molecule has 0 atom stereocenters. The molecule has 0 bridgehead atoms. The van der Waals surface area contributed by atoms with E-state index in [0.717, 1.165) is 5.92 Å². The minimum atomic E-state index is 0.505. The van der Waals surface area contributed by atoms with E-state index in [4.69, 9.17) is 0 Å². The number of hydrogen-bond donors (Lipinski definition) is 1. The summed E-state index contributed by atoms with van der Waals surface area (Å²) in [4.78, 5) is 5.26. The van der Waals surface area contributed by atoms with Gasteiger partial charge >= 0.3 is 0 Å². The summed E-state index contributed by atoms with van der Waals surface area (Å²) in [6, 6.07) is 0. The van der Waals surface area contributed by atoms with Crippen molar-refractivity contribution in [1.82, 2.24) is 15.1 Å². The SMILES string of the molecule is CC(C)(C)CC1CCN(CN2CCNCC2)CC1. The zero-order chi connectivity index (χ0) is 13.0. The zero-order valence-electron chi connectivity index (χ0n) is 12.5. The van der Waals surface area contributed by atoms with Gasteiger partial charge in [-0.05, 0) is 43.7 Å². The van der Waals surface area contributed by atoms with Gasteiger partial charge < -0.3 is 5.32 Å². The third kappa shape index (κ3) is 4.87. The lowest BCUT2D eigenvalue weighted by molar-refractivity contribution is 0.0785. The minimum absolute atomic E-state index is 0.505. The molecule has 0 unspecified atom stereocenters. The molecule has 0 radical (unpaired) electrons. The first-order chi connectivity index (χ1) is 8.53. The molecule has 2 rings (SSSR count). The van der Waals surface area contributed by atoms with Gasteiger partial charge in [0.2, 0.25) is 0 Å². The van der Waals surface area contributed by atoms with Gasteiger partial charge in [0, 0.05) is 26.2 Å². The molecule has 3 nitrogen and oxygen atoms in total. The second-order valence-corrected chi connectivity index (χ2v) is 7.34. The molecule has 0 saturated carbocycles. The molecule has 3 heteroatoms. The zero-order valence-corrected chi connectivity index (χ0v) is 12.5. The molecule has 1 N–H and O–H groups in total. The van der Waals surface area contributed by atoms with Gasteiger partial charge in [-0.1, -0.05) is 20.8 Å². The van der Waals surface area contributed by atoms with Crippen molar-refractivity contribution in [3.8, 4) is 0 Å². The van der Waals surface area contributed by atoms with E-state index in [-0.39, 0.29) is 0 Å². The molecule has 0 aliphatic carbocycles. The second-order valence-electron chi connectivity index (χ2n) is 7.34. The van der Waals surface area contributed by atoms with Crippen molar-refractivity contribution in [3.63, 3.8) is 0 Å². The lowest BCUT2D eigenvalue weighted by atomic mass is 9.80. The fourth-order valence-electron chi connectivity index (χ4n) is 3.33. The average Bonchev–Trinajstić information content (AvgIpc) is 2.31. The number of piperazine rings is 1. The molecular formula is C15H31N3. The highest BCUT2D eigenvalue weighted by Crippen LogP contribution is 2.30. The molecule has 106 valence electrons. The van der Waals surface area contributed by atoms with Crippen LogP contribution in [0, 0.1) is 11.3 Å². The molecule has 0 amide bonds. The summed E-state index contributed by atoms with van der Waals surface area (Å²) in [6.45, 7) is 15.7. The van der Waals surface area contributed by atoms with Crippen LogP contribution in [-0.2, 0) is 0 Å². The number of piperidine rings is 1. The van der Waals surface area contributed by atoms with E-state index < -0.39 is 0 Å². The van der Waals surface area contributed by atoms with Gasteiger partial charge in [-0.15, -0.1) is 0 Å². The number of likely N-dealkylation sites (tertiary alicyclic amines) is 1. The monoisotopic (exact) mass is 253 g/mol. The Bertz CT molecular complexity index is 233. The Morgan fingerprint density at radius 1 is 0.944 bits per heavy atom. The van der Waals surface area contributed by atoms with Gasteiger partial charge in [0.05, 0.1) is 6.67 Å². The van der Waals surface area contributed by atoms with Crippen LogP contribution in [-0.4, -0.2) is 55.7 Å². The first-order valence-corrected chi connectivity index (χ1v) is 7.68. The Morgan fingerprint density at radius 2 is 1.50 bits per heavy atom. The quantitative estimate of drug-likeness (QED) is 0.830. The van der Waals surface area contributed by atoms with Crippen LogP contribution in [0.15, 0.2) is 0 Å². The van der Waals surface area contributed by atoms with Crippen molar-refractivity contribution in [2.45, 2.75) is 40.0 Å². The molecule has 0 aromatic carbocycles. The summed E-state index contributed by atoms with van der Waals surface area (Å²) in [5, 5.41) is 3.42. The summed E-state index contributed by atoms with van der Waals surface area (Å²) < 4.78 is 0. The van der Waals surface area contributed by atoms with E-state index in [9.17, 15) is 0 Å². The molecule has 2 aliphatic rings. The molecule has 2 heterocycles. The van der Waals surface area contributed by atoms with Crippen molar-refractivity contribution in [1.29, 1.82) is 0 Å². The Morgan fingerprint density at radius 3 is 2.06 bits per heavy atom. The molecule has 0 spiro atoms. The van der Waals surface area contributed by atoms with Gasteiger partial charge in [0.25, 0.3) is 0 Å². The van der Waals surface area contributed by atoms with Gasteiger partial charge in [0.15, 0.2) is 0 Å². The lowest BCUT2D eigenvalue weighted by Crippen LogP contribution is -2.49. The minimum Gasteiger partial charge on any atom is -0.314 e. The summed E-state index contributed by atoms with van der Waals surface area (Å²) in [6.07, 6.45) is 4.21. The molecule has 18 heavy (non-hydrogen) atoms. The first-order valence-electron chi connectivity index (χ1n) is 7.68. The smallest absolute Gasteiger partial charge is 0.0507 e. The Kier molecular flexibility index (Phi) is 5.05. The van der Waals surface area contributed by atoms with Crippen LogP contribution in [0.5, 0.6) is 0 Å². The Labute approximate surface area is 113 Å². The molecule has 0 aromatic heterocycles. The fourth-order valence-corrected chi connectivity index (χ4v) is 3.33. The van der Waals surface area contributed by atoms with Crippen molar-refractivity contribution in [2.75, 3.05) is 45.9 Å². The van der Waals surface area contributed by atoms with Crippen LogP contribution < -0.4 is 5.32 Å². The molecule has 0 aromatic rings. The van der Waals surface area contributed by atoms with Crippen molar-refractivity contribution < 1.29 is 0 Å². The maximum Gasteiger partial charge on any atom is 0.0507 e. The molecule has 2 saturated heterocycles. The first kappa shape index (κ1) is 14.3. The van der Waals surface area contributed by atoms with Crippen LogP contribution in [0.1, 0.15) is 40.0 Å². The maximum absolute atomic E-state index is 3.42. The van der Waals surface area contributed by atoms with Crippen LogP contribution in [0.3, 0.4) is 0 Å². The largest absolute Gasteiger partial charge is 0.314 e. The van der Waals surface area contributed by atoms with Gasteiger partial charge in [-0.2, -0.15) is 0 Å².